The van der Waals surface area contributed by atoms with Crippen LogP contribution in [0, 0.1) is 0 Å². The number of carboxylic acid groups (broad SMARTS) is 1. The number of nitrogens with one attached hydrogen (secondary N) is 1. The maximum absolute atomic E-state index is 12.1. The predicted octanol–water partition coefficient (Wildman–Crippen LogP) is 2.92. The number of hydrogen-bond acceptors (Lipinski definition) is 3. The Balaban J connectivity index is 3.00. The standard InChI is InChI=1S/C12H15Cl2NO4S/c1-2-3-4-11(12(16)17)15-20(18,19)10-6-8(13)5-9(14)7-10/h5-7,11,15H,2-4H2,1H3,(H,16,17). The number of carboxylic acids is 1. The van der Waals surface area contributed by atoms with Gasteiger partial charge in [-0.25, -0.2) is 8.42 Å². The molecule has 0 radical (unpaired) electrons. The van der Waals surface area contributed by atoms with Crippen LogP contribution < -0.4 is 4.72 Å². The first-order chi connectivity index (χ1) is 9.26. The molecular formula is C12H15Cl2NO4S. The lowest BCUT2D eigenvalue weighted by Gasteiger charge is -2.14. The van der Waals surface area contributed by atoms with Crippen LogP contribution in [0.2, 0.25) is 10.0 Å². The molecule has 0 bridgehead atoms. The maximum Gasteiger partial charge on any atom is 0.321 e. The summed E-state index contributed by atoms with van der Waals surface area (Å²) in [4.78, 5) is 10.9. The van der Waals surface area contributed by atoms with Crippen LogP contribution in [0.5, 0.6) is 0 Å². The minimum atomic E-state index is -3.98. The highest BCUT2D eigenvalue weighted by molar-refractivity contribution is 7.89. The first kappa shape index (κ1) is 17.2. The van der Waals surface area contributed by atoms with Crippen LogP contribution in [0.3, 0.4) is 0 Å². The van der Waals surface area contributed by atoms with Crippen LogP contribution in [0.15, 0.2) is 23.1 Å². The molecule has 1 aromatic carbocycles. The summed E-state index contributed by atoms with van der Waals surface area (Å²) in [6.07, 6.45) is 1.60. The van der Waals surface area contributed by atoms with Crippen LogP contribution in [-0.4, -0.2) is 25.5 Å². The highest BCUT2D eigenvalue weighted by Crippen LogP contribution is 2.22. The average Bonchev–Trinajstić information content (AvgIpc) is 2.32. The minimum Gasteiger partial charge on any atom is -0.480 e. The molecule has 0 aromatic heterocycles. The van der Waals surface area contributed by atoms with E-state index in [4.69, 9.17) is 28.3 Å². The number of sulfonamides is 1. The van der Waals surface area contributed by atoms with Gasteiger partial charge in [-0.2, -0.15) is 4.72 Å². The third-order valence-corrected chi connectivity index (χ3v) is 4.48. The van der Waals surface area contributed by atoms with Crippen LogP contribution in [0.4, 0.5) is 0 Å². The molecule has 0 aliphatic rings. The fraction of sp³-hybridized carbons (Fsp3) is 0.417. The summed E-state index contributed by atoms with van der Waals surface area (Å²) in [5.74, 6) is -1.21. The first-order valence-electron chi connectivity index (χ1n) is 5.97. The molecule has 1 unspecified atom stereocenters. The molecule has 0 aliphatic heterocycles. The van der Waals surface area contributed by atoms with Crippen LogP contribution >= 0.6 is 23.2 Å². The summed E-state index contributed by atoms with van der Waals surface area (Å²) in [6, 6.07) is 2.66. The van der Waals surface area contributed by atoms with Crippen molar-refractivity contribution in [3.63, 3.8) is 0 Å². The van der Waals surface area contributed by atoms with E-state index in [1.165, 1.54) is 18.2 Å². The van der Waals surface area contributed by atoms with Gasteiger partial charge in [0.2, 0.25) is 10.0 Å². The lowest BCUT2D eigenvalue weighted by molar-refractivity contribution is -0.139. The Morgan fingerprint density at radius 2 is 1.85 bits per heavy atom. The summed E-state index contributed by atoms with van der Waals surface area (Å²) in [5.41, 5.74) is 0. The van der Waals surface area contributed by atoms with E-state index in [1.807, 2.05) is 6.92 Å². The number of hydrogen-bond donors (Lipinski definition) is 2. The average molecular weight is 340 g/mol. The van der Waals surface area contributed by atoms with E-state index >= 15 is 0 Å². The molecule has 112 valence electrons. The van der Waals surface area contributed by atoms with Crippen molar-refractivity contribution in [2.45, 2.75) is 37.1 Å². The predicted molar refractivity (Wildman–Crippen MR) is 77.7 cm³/mol. The normalized spacial score (nSPS) is 13.2. The van der Waals surface area contributed by atoms with Gasteiger partial charge in [-0.15, -0.1) is 0 Å². The summed E-state index contributed by atoms with van der Waals surface area (Å²) in [6.45, 7) is 1.89. The molecule has 5 nitrogen and oxygen atoms in total. The van der Waals surface area contributed by atoms with E-state index in [0.29, 0.717) is 6.42 Å². The second-order valence-electron chi connectivity index (χ2n) is 4.26. The van der Waals surface area contributed by atoms with Gasteiger partial charge >= 0.3 is 5.97 Å². The van der Waals surface area contributed by atoms with Crippen molar-refractivity contribution >= 4 is 39.2 Å². The van der Waals surface area contributed by atoms with Gasteiger partial charge in [-0.1, -0.05) is 43.0 Å². The van der Waals surface area contributed by atoms with Crippen molar-refractivity contribution in [2.75, 3.05) is 0 Å². The van der Waals surface area contributed by atoms with E-state index in [-0.39, 0.29) is 21.4 Å². The van der Waals surface area contributed by atoms with E-state index in [2.05, 4.69) is 4.72 Å². The Labute approximate surface area is 127 Å². The van der Waals surface area contributed by atoms with Gasteiger partial charge in [-0.05, 0) is 24.6 Å². The van der Waals surface area contributed by atoms with E-state index in [9.17, 15) is 13.2 Å². The molecule has 1 atom stereocenters. The zero-order chi connectivity index (χ0) is 15.3. The van der Waals surface area contributed by atoms with Crippen molar-refractivity contribution in [2.24, 2.45) is 0 Å². The van der Waals surface area contributed by atoms with Crippen molar-refractivity contribution < 1.29 is 18.3 Å². The second-order valence-corrected chi connectivity index (χ2v) is 6.85. The largest absolute Gasteiger partial charge is 0.480 e. The molecule has 1 rings (SSSR count). The number of carbonyl (C=O) groups is 1. The van der Waals surface area contributed by atoms with Crippen LogP contribution in [-0.2, 0) is 14.8 Å². The molecule has 0 amide bonds. The van der Waals surface area contributed by atoms with Gasteiger partial charge in [0.25, 0.3) is 0 Å². The Hall–Kier alpha value is -0.820. The first-order valence-corrected chi connectivity index (χ1v) is 8.21. The molecule has 1 aromatic rings. The van der Waals surface area contributed by atoms with Crippen LogP contribution in [0.1, 0.15) is 26.2 Å². The number of rotatable bonds is 7. The molecule has 0 saturated carbocycles. The lowest BCUT2D eigenvalue weighted by atomic mass is 10.1. The highest BCUT2D eigenvalue weighted by Gasteiger charge is 2.25. The van der Waals surface area contributed by atoms with Gasteiger partial charge < -0.3 is 5.11 Å². The zero-order valence-electron chi connectivity index (χ0n) is 10.8. The zero-order valence-corrected chi connectivity index (χ0v) is 13.1. The molecule has 0 fully saturated rings. The lowest BCUT2D eigenvalue weighted by Crippen LogP contribution is -2.40. The van der Waals surface area contributed by atoms with E-state index in [1.54, 1.807) is 0 Å². The third-order valence-electron chi connectivity index (χ3n) is 2.59. The molecule has 0 heterocycles. The Kier molecular flexibility index (Phi) is 6.26. The van der Waals surface area contributed by atoms with Gasteiger partial charge in [0, 0.05) is 10.0 Å². The van der Waals surface area contributed by atoms with Crippen molar-refractivity contribution in [1.82, 2.24) is 4.72 Å². The molecule has 2 N–H and O–H groups in total. The van der Waals surface area contributed by atoms with Crippen molar-refractivity contribution in [3.05, 3.63) is 28.2 Å². The van der Waals surface area contributed by atoms with Crippen molar-refractivity contribution in [1.29, 1.82) is 0 Å². The SMILES string of the molecule is CCCCC(NS(=O)(=O)c1cc(Cl)cc(Cl)c1)C(=O)O. The van der Waals surface area contributed by atoms with Gasteiger partial charge in [0.1, 0.15) is 6.04 Å². The number of aliphatic carboxylic acids is 1. The molecule has 8 heteroatoms. The maximum atomic E-state index is 12.1. The molecule has 0 saturated heterocycles. The summed E-state index contributed by atoms with van der Waals surface area (Å²) < 4.78 is 26.4. The van der Waals surface area contributed by atoms with Gasteiger partial charge in [0.15, 0.2) is 0 Å². The summed E-state index contributed by atoms with van der Waals surface area (Å²) in [5, 5.41) is 9.37. The highest BCUT2D eigenvalue weighted by atomic mass is 35.5. The van der Waals surface area contributed by atoms with Crippen molar-refractivity contribution in [3.8, 4) is 0 Å². The molecular weight excluding hydrogens is 325 g/mol. The quantitative estimate of drug-likeness (QED) is 0.799. The van der Waals surface area contributed by atoms with E-state index in [0.717, 1.165) is 6.42 Å². The molecule has 0 spiro atoms. The Morgan fingerprint density at radius 3 is 2.30 bits per heavy atom. The second kappa shape index (κ2) is 7.26. The number of unbranched alkanes of at least 4 members (excludes halogenated alkanes) is 1. The fourth-order valence-electron chi connectivity index (χ4n) is 1.58. The molecule has 20 heavy (non-hydrogen) atoms. The van der Waals surface area contributed by atoms with E-state index < -0.39 is 22.0 Å². The summed E-state index contributed by atoms with van der Waals surface area (Å²) in [7, 11) is -3.98. The van der Waals surface area contributed by atoms with Gasteiger partial charge in [-0.3, -0.25) is 4.79 Å². The van der Waals surface area contributed by atoms with Crippen LogP contribution in [0.25, 0.3) is 0 Å². The Morgan fingerprint density at radius 1 is 1.30 bits per heavy atom. The smallest absolute Gasteiger partial charge is 0.321 e. The minimum absolute atomic E-state index is 0.155. The molecule has 0 aliphatic carbocycles. The Bertz CT molecular complexity index is 569. The number of benzene rings is 1. The third kappa shape index (κ3) is 4.94. The monoisotopic (exact) mass is 339 g/mol. The van der Waals surface area contributed by atoms with Gasteiger partial charge in [0.05, 0.1) is 4.90 Å². The topological polar surface area (TPSA) is 83.5 Å². The summed E-state index contributed by atoms with van der Waals surface area (Å²) >= 11 is 11.5. The fourth-order valence-corrected chi connectivity index (χ4v) is 3.53. The number of halogens is 2.